The fourth-order valence-corrected chi connectivity index (χ4v) is 3.40. The van der Waals surface area contributed by atoms with Crippen LogP contribution >= 0.6 is 34.7 Å². The summed E-state index contributed by atoms with van der Waals surface area (Å²) in [5.74, 6) is 0. The van der Waals surface area contributed by atoms with Crippen molar-refractivity contribution in [2.75, 3.05) is 11.6 Å². The number of thioether (sulfide) groups is 1. The van der Waals surface area contributed by atoms with Crippen molar-refractivity contribution in [3.63, 3.8) is 0 Å². The summed E-state index contributed by atoms with van der Waals surface area (Å²) < 4.78 is 1.09. The molecule has 0 bridgehead atoms. The van der Waals surface area contributed by atoms with Gasteiger partial charge in [0.15, 0.2) is 5.13 Å². The molecule has 0 atom stereocenters. The quantitative estimate of drug-likeness (QED) is 0.654. The average molecular weight is 307 g/mol. The zero-order valence-electron chi connectivity index (χ0n) is 10.2. The second-order valence-corrected chi connectivity index (χ2v) is 6.33. The highest BCUT2D eigenvalue weighted by molar-refractivity contribution is 7.98. The molecule has 0 radical (unpaired) electrons. The molecule has 0 aliphatic heterocycles. The molecule has 0 aliphatic carbocycles. The largest absolute Gasteiger partial charge is 0.331 e. The van der Waals surface area contributed by atoms with Crippen molar-refractivity contribution >= 4 is 55.7 Å². The Morgan fingerprint density at radius 1 is 1.21 bits per heavy atom. The SMILES string of the molecule is CSc1cccc(Nc2nc3ccc(Cl)cc3s2)c1. The molecule has 0 saturated heterocycles. The summed E-state index contributed by atoms with van der Waals surface area (Å²) >= 11 is 9.32. The molecule has 0 spiro atoms. The lowest BCUT2D eigenvalue weighted by atomic mass is 10.3. The van der Waals surface area contributed by atoms with Crippen molar-refractivity contribution < 1.29 is 0 Å². The molecule has 1 N–H and O–H groups in total. The van der Waals surface area contributed by atoms with Crippen LogP contribution in [0.4, 0.5) is 10.8 Å². The van der Waals surface area contributed by atoms with Crippen LogP contribution in [0.15, 0.2) is 47.4 Å². The van der Waals surface area contributed by atoms with E-state index in [0.717, 1.165) is 26.1 Å². The van der Waals surface area contributed by atoms with E-state index in [4.69, 9.17) is 11.6 Å². The van der Waals surface area contributed by atoms with Gasteiger partial charge in [-0.3, -0.25) is 0 Å². The number of aromatic nitrogens is 1. The Kier molecular flexibility index (Phi) is 3.64. The number of rotatable bonds is 3. The van der Waals surface area contributed by atoms with Gasteiger partial charge in [0.25, 0.3) is 0 Å². The highest BCUT2D eigenvalue weighted by atomic mass is 35.5. The van der Waals surface area contributed by atoms with Gasteiger partial charge in [-0.2, -0.15) is 0 Å². The first kappa shape index (κ1) is 12.8. The van der Waals surface area contributed by atoms with E-state index in [1.54, 1.807) is 23.1 Å². The van der Waals surface area contributed by atoms with E-state index in [9.17, 15) is 0 Å². The molecule has 0 unspecified atom stereocenters. The number of benzene rings is 2. The molecule has 0 amide bonds. The first-order valence-corrected chi connectivity index (χ1v) is 8.14. The molecule has 3 aromatic rings. The third-order valence-corrected chi connectivity index (χ3v) is 4.57. The Balaban J connectivity index is 1.92. The number of nitrogens with zero attached hydrogens (tertiary/aromatic N) is 1. The first-order chi connectivity index (χ1) is 9.24. The number of nitrogens with one attached hydrogen (secondary N) is 1. The summed E-state index contributed by atoms with van der Waals surface area (Å²) in [5, 5.41) is 4.97. The van der Waals surface area contributed by atoms with Crippen molar-refractivity contribution in [2.45, 2.75) is 4.90 Å². The Morgan fingerprint density at radius 2 is 2.11 bits per heavy atom. The predicted molar refractivity (Wildman–Crippen MR) is 86.1 cm³/mol. The van der Waals surface area contributed by atoms with Crippen LogP contribution in [0.5, 0.6) is 0 Å². The number of hydrogen-bond donors (Lipinski definition) is 1. The minimum absolute atomic E-state index is 0.743. The molecule has 19 heavy (non-hydrogen) atoms. The molecule has 1 heterocycles. The lowest BCUT2D eigenvalue weighted by molar-refractivity contribution is 1.40. The van der Waals surface area contributed by atoms with Gasteiger partial charge in [-0.05, 0) is 42.7 Å². The Hall–Kier alpha value is -1.23. The third-order valence-electron chi connectivity index (χ3n) is 2.67. The van der Waals surface area contributed by atoms with Gasteiger partial charge in [-0.25, -0.2) is 4.98 Å². The second kappa shape index (κ2) is 5.41. The van der Waals surface area contributed by atoms with Gasteiger partial charge < -0.3 is 5.32 Å². The van der Waals surface area contributed by atoms with Crippen molar-refractivity contribution in [3.8, 4) is 0 Å². The minimum atomic E-state index is 0.743. The maximum absolute atomic E-state index is 5.98. The number of anilines is 2. The maximum atomic E-state index is 5.98. The van der Waals surface area contributed by atoms with E-state index in [1.807, 2.05) is 30.3 Å². The molecule has 96 valence electrons. The lowest BCUT2D eigenvalue weighted by Gasteiger charge is -2.03. The maximum Gasteiger partial charge on any atom is 0.188 e. The van der Waals surface area contributed by atoms with Crippen LogP contribution in [0, 0.1) is 0 Å². The van der Waals surface area contributed by atoms with Crippen LogP contribution in [0.25, 0.3) is 10.2 Å². The van der Waals surface area contributed by atoms with E-state index in [0.29, 0.717) is 0 Å². The topological polar surface area (TPSA) is 24.9 Å². The Bertz CT molecular complexity index is 724. The van der Waals surface area contributed by atoms with Gasteiger partial charge in [0.05, 0.1) is 10.2 Å². The molecular formula is C14H11ClN2S2. The first-order valence-electron chi connectivity index (χ1n) is 5.72. The van der Waals surface area contributed by atoms with E-state index in [2.05, 4.69) is 28.7 Å². The van der Waals surface area contributed by atoms with E-state index >= 15 is 0 Å². The van der Waals surface area contributed by atoms with Crippen molar-refractivity contribution in [3.05, 3.63) is 47.5 Å². The number of thiazole rings is 1. The van der Waals surface area contributed by atoms with Crippen LogP contribution < -0.4 is 5.32 Å². The van der Waals surface area contributed by atoms with Crippen molar-refractivity contribution in [1.82, 2.24) is 4.98 Å². The lowest BCUT2D eigenvalue weighted by Crippen LogP contribution is -1.88. The van der Waals surface area contributed by atoms with E-state index in [-0.39, 0.29) is 0 Å². The minimum Gasteiger partial charge on any atom is -0.331 e. The smallest absolute Gasteiger partial charge is 0.188 e. The molecule has 0 fully saturated rings. The Labute approximate surface area is 124 Å². The number of halogens is 1. The molecule has 3 rings (SSSR count). The normalized spacial score (nSPS) is 10.8. The van der Waals surface area contributed by atoms with Gasteiger partial charge in [-0.15, -0.1) is 11.8 Å². The summed E-state index contributed by atoms with van der Waals surface area (Å²) in [6, 6.07) is 14.0. The zero-order valence-corrected chi connectivity index (χ0v) is 12.6. The summed E-state index contributed by atoms with van der Waals surface area (Å²) in [6.45, 7) is 0. The zero-order chi connectivity index (χ0) is 13.2. The van der Waals surface area contributed by atoms with Gasteiger partial charge in [0.2, 0.25) is 0 Å². The standard InChI is InChI=1S/C14H11ClN2S2/c1-18-11-4-2-3-10(8-11)16-14-17-12-6-5-9(15)7-13(12)19-14/h2-8H,1H3,(H,16,17). The summed E-state index contributed by atoms with van der Waals surface area (Å²) in [6.07, 6.45) is 2.07. The molecule has 5 heteroatoms. The Morgan fingerprint density at radius 3 is 2.95 bits per heavy atom. The van der Waals surface area contributed by atoms with Crippen LogP contribution in [-0.4, -0.2) is 11.2 Å². The molecule has 0 saturated carbocycles. The highest BCUT2D eigenvalue weighted by Crippen LogP contribution is 2.30. The van der Waals surface area contributed by atoms with Gasteiger partial charge >= 0.3 is 0 Å². The predicted octanol–water partition coefficient (Wildman–Crippen LogP) is 5.42. The molecular weight excluding hydrogens is 296 g/mol. The number of fused-ring (bicyclic) bond motifs is 1. The number of hydrogen-bond acceptors (Lipinski definition) is 4. The van der Waals surface area contributed by atoms with Crippen molar-refractivity contribution in [2.24, 2.45) is 0 Å². The summed E-state index contributed by atoms with van der Waals surface area (Å²) in [5.41, 5.74) is 2.02. The summed E-state index contributed by atoms with van der Waals surface area (Å²) in [4.78, 5) is 5.78. The third kappa shape index (κ3) is 2.86. The second-order valence-electron chi connectivity index (χ2n) is 3.99. The molecule has 0 aliphatic rings. The van der Waals surface area contributed by atoms with Gasteiger partial charge in [0.1, 0.15) is 0 Å². The molecule has 1 aromatic heterocycles. The molecule has 2 aromatic carbocycles. The van der Waals surface area contributed by atoms with Gasteiger partial charge in [-0.1, -0.05) is 29.0 Å². The van der Waals surface area contributed by atoms with Crippen LogP contribution in [-0.2, 0) is 0 Å². The van der Waals surface area contributed by atoms with Crippen molar-refractivity contribution in [1.29, 1.82) is 0 Å². The van der Waals surface area contributed by atoms with Crippen LogP contribution in [0.1, 0.15) is 0 Å². The van der Waals surface area contributed by atoms with E-state index < -0.39 is 0 Å². The van der Waals surface area contributed by atoms with Crippen LogP contribution in [0.3, 0.4) is 0 Å². The highest BCUT2D eigenvalue weighted by Gasteiger charge is 2.05. The molecule has 2 nitrogen and oxygen atoms in total. The average Bonchev–Trinajstić information content (AvgIpc) is 2.80. The van der Waals surface area contributed by atoms with E-state index in [1.165, 1.54) is 4.90 Å². The monoisotopic (exact) mass is 306 g/mol. The van der Waals surface area contributed by atoms with Gasteiger partial charge in [0, 0.05) is 15.6 Å². The summed E-state index contributed by atoms with van der Waals surface area (Å²) in [7, 11) is 0. The fraction of sp³-hybridized carbons (Fsp3) is 0.0714. The van der Waals surface area contributed by atoms with Crippen LogP contribution in [0.2, 0.25) is 5.02 Å². The fourth-order valence-electron chi connectivity index (χ4n) is 1.78.